The number of nitrogens with one attached hydrogen (secondary N) is 1. The number of methoxy groups -OCH3 is 1. The first-order valence-corrected chi connectivity index (χ1v) is 12.2. The van der Waals surface area contributed by atoms with E-state index in [0.717, 1.165) is 49.6 Å². The smallest absolute Gasteiger partial charge is 0.248 e. The molecule has 3 aromatic carbocycles. The van der Waals surface area contributed by atoms with Crippen molar-refractivity contribution in [3.05, 3.63) is 78.6 Å². The first-order chi connectivity index (χ1) is 16.5. The fraction of sp³-hybridized carbons (Fsp3) is 0.179. The Morgan fingerprint density at radius 1 is 1.09 bits per heavy atom. The second-order valence-corrected chi connectivity index (χ2v) is 8.58. The lowest BCUT2D eigenvalue weighted by Crippen LogP contribution is -2.08. The third kappa shape index (κ3) is 5.13. The summed E-state index contributed by atoms with van der Waals surface area (Å²) in [5, 5.41) is 3.88. The fourth-order valence-electron chi connectivity index (χ4n) is 3.76. The Hall–Kier alpha value is -3.64. The van der Waals surface area contributed by atoms with E-state index in [1.165, 1.54) is 0 Å². The quantitative estimate of drug-likeness (QED) is 0.215. The number of ether oxygens (including phenoxy) is 2. The molecule has 0 aliphatic heterocycles. The summed E-state index contributed by atoms with van der Waals surface area (Å²) in [6.45, 7) is 4.35. The van der Waals surface area contributed by atoms with Crippen LogP contribution in [0.15, 0.2) is 82.3 Å². The van der Waals surface area contributed by atoms with Crippen LogP contribution in [0.5, 0.6) is 11.5 Å². The van der Waals surface area contributed by atoms with Crippen LogP contribution in [0, 0.1) is 0 Å². The number of hydrogen-bond acceptors (Lipinski definition) is 5. The number of carbonyl (C=O) groups is 1. The molecule has 174 valence electrons. The topological polar surface area (TPSA) is 60.7 Å². The van der Waals surface area contributed by atoms with Crippen molar-refractivity contribution >= 4 is 39.9 Å². The minimum Gasteiger partial charge on any atom is -0.497 e. The normalized spacial score (nSPS) is 11.5. The number of thioether (sulfide) groups is 1. The number of rotatable bonds is 8. The third-order valence-corrected chi connectivity index (χ3v) is 6.25. The van der Waals surface area contributed by atoms with Crippen molar-refractivity contribution in [2.24, 2.45) is 0 Å². The van der Waals surface area contributed by atoms with Crippen LogP contribution >= 0.6 is 11.8 Å². The van der Waals surface area contributed by atoms with Crippen molar-refractivity contribution in [2.75, 3.05) is 25.3 Å². The van der Waals surface area contributed by atoms with E-state index in [-0.39, 0.29) is 5.91 Å². The van der Waals surface area contributed by atoms with Gasteiger partial charge in [-0.1, -0.05) is 12.1 Å². The van der Waals surface area contributed by atoms with Crippen molar-refractivity contribution < 1.29 is 18.7 Å². The summed E-state index contributed by atoms with van der Waals surface area (Å²) in [5.41, 5.74) is 5.10. The number of hydrogen-bond donors (Lipinski definition) is 1. The molecule has 0 aliphatic carbocycles. The zero-order valence-electron chi connectivity index (χ0n) is 19.7. The molecule has 5 nitrogen and oxygen atoms in total. The largest absolute Gasteiger partial charge is 0.497 e. The zero-order valence-corrected chi connectivity index (χ0v) is 20.5. The molecular weight excluding hydrogens is 446 g/mol. The number of amides is 1. The van der Waals surface area contributed by atoms with Crippen molar-refractivity contribution in [1.29, 1.82) is 0 Å². The standard InChI is InChI=1S/C28H27NO4S/c1-5-32-26-16-27-24(25(17-33-27)19-6-10-21(31-3)11-7-19)15-23(26)18(2)14-28(30)29-20-8-12-22(34-4)13-9-20/h6-17H,5H2,1-4H3,(H,29,30)/b18-14+. The summed E-state index contributed by atoms with van der Waals surface area (Å²) in [6, 6.07) is 19.5. The van der Waals surface area contributed by atoms with Crippen molar-refractivity contribution in [3.8, 4) is 22.6 Å². The molecule has 0 spiro atoms. The summed E-state index contributed by atoms with van der Waals surface area (Å²) < 4.78 is 17.0. The van der Waals surface area contributed by atoms with Gasteiger partial charge in [-0.2, -0.15) is 0 Å². The van der Waals surface area contributed by atoms with Crippen molar-refractivity contribution in [1.82, 2.24) is 0 Å². The highest BCUT2D eigenvalue weighted by molar-refractivity contribution is 7.98. The predicted molar refractivity (Wildman–Crippen MR) is 140 cm³/mol. The van der Waals surface area contributed by atoms with E-state index in [9.17, 15) is 4.79 Å². The molecule has 0 atom stereocenters. The molecule has 0 fully saturated rings. The van der Waals surface area contributed by atoms with Gasteiger partial charge in [0.1, 0.15) is 17.1 Å². The van der Waals surface area contributed by atoms with Crippen LogP contribution in [-0.2, 0) is 4.79 Å². The van der Waals surface area contributed by atoms with Gasteiger partial charge in [-0.25, -0.2) is 0 Å². The highest BCUT2D eigenvalue weighted by Gasteiger charge is 2.15. The summed E-state index contributed by atoms with van der Waals surface area (Å²) >= 11 is 1.66. The molecule has 1 heterocycles. The molecule has 6 heteroatoms. The Bertz CT molecular complexity index is 1320. The van der Waals surface area contributed by atoms with Crippen molar-refractivity contribution in [2.45, 2.75) is 18.7 Å². The van der Waals surface area contributed by atoms with Gasteiger partial charge >= 0.3 is 0 Å². The SMILES string of the molecule is CCOc1cc2occ(-c3ccc(OC)cc3)c2cc1/C(C)=C/C(=O)Nc1ccc(SC)cc1. The monoisotopic (exact) mass is 473 g/mol. The minimum atomic E-state index is -0.195. The van der Waals surface area contributed by atoms with E-state index >= 15 is 0 Å². The Morgan fingerprint density at radius 2 is 1.82 bits per heavy atom. The molecule has 0 unspecified atom stereocenters. The molecule has 34 heavy (non-hydrogen) atoms. The molecule has 1 N–H and O–H groups in total. The number of carbonyl (C=O) groups excluding carboxylic acids is 1. The van der Waals surface area contributed by atoms with Gasteiger partial charge < -0.3 is 19.2 Å². The number of benzene rings is 3. The van der Waals surface area contributed by atoms with E-state index in [1.54, 1.807) is 31.2 Å². The van der Waals surface area contributed by atoms with E-state index in [1.807, 2.05) is 80.8 Å². The predicted octanol–water partition coefficient (Wildman–Crippen LogP) is 7.27. The summed E-state index contributed by atoms with van der Waals surface area (Å²) in [4.78, 5) is 13.9. The molecule has 1 amide bonds. The highest BCUT2D eigenvalue weighted by atomic mass is 32.2. The van der Waals surface area contributed by atoms with Gasteiger partial charge in [0.15, 0.2) is 0 Å². The van der Waals surface area contributed by atoms with E-state index in [0.29, 0.717) is 12.4 Å². The molecule has 0 bridgehead atoms. The molecule has 1 aromatic heterocycles. The number of furan rings is 1. The number of fused-ring (bicyclic) bond motifs is 1. The molecular formula is C28H27NO4S. The summed E-state index contributed by atoms with van der Waals surface area (Å²) in [7, 11) is 1.65. The number of allylic oxidation sites excluding steroid dienone is 1. The van der Waals surface area contributed by atoms with E-state index < -0.39 is 0 Å². The summed E-state index contributed by atoms with van der Waals surface area (Å²) in [6.07, 6.45) is 5.36. The van der Waals surface area contributed by atoms with Crippen LogP contribution < -0.4 is 14.8 Å². The van der Waals surface area contributed by atoms with Gasteiger partial charge in [0, 0.05) is 39.2 Å². The maximum absolute atomic E-state index is 12.7. The first kappa shape index (κ1) is 23.5. The average molecular weight is 474 g/mol. The Kier molecular flexibility index (Phi) is 7.28. The van der Waals surface area contributed by atoms with Gasteiger partial charge in [-0.05, 0) is 73.7 Å². The van der Waals surface area contributed by atoms with Crippen LogP contribution in [0.3, 0.4) is 0 Å². The van der Waals surface area contributed by atoms with Gasteiger partial charge in [0.25, 0.3) is 0 Å². The zero-order chi connectivity index (χ0) is 24.1. The molecule has 4 aromatic rings. The van der Waals surface area contributed by atoms with Crippen LogP contribution in [0.2, 0.25) is 0 Å². The van der Waals surface area contributed by atoms with E-state index in [4.69, 9.17) is 13.9 Å². The maximum atomic E-state index is 12.7. The molecule has 0 radical (unpaired) electrons. The molecule has 0 aliphatic rings. The van der Waals surface area contributed by atoms with Crippen LogP contribution in [0.4, 0.5) is 5.69 Å². The second-order valence-electron chi connectivity index (χ2n) is 7.70. The van der Waals surface area contributed by atoms with Crippen LogP contribution in [0.25, 0.3) is 27.7 Å². The molecule has 4 rings (SSSR count). The van der Waals surface area contributed by atoms with Gasteiger partial charge in [0.2, 0.25) is 5.91 Å². The number of anilines is 1. The van der Waals surface area contributed by atoms with Crippen LogP contribution in [0.1, 0.15) is 19.4 Å². The molecule has 0 saturated heterocycles. The lowest BCUT2D eigenvalue weighted by atomic mass is 9.99. The highest BCUT2D eigenvalue weighted by Crippen LogP contribution is 2.38. The average Bonchev–Trinajstić information content (AvgIpc) is 3.27. The lowest BCUT2D eigenvalue weighted by molar-refractivity contribution is -0.111. The minimum absolute atomic E-state index is 0.195. The third-order valence-electron chi connectivity index (χ3n) is 5.51. The van der Waals surface area contributed by atoms with E-state index in [2.05, 4.69) is 5.32 Å². The fourth-order valence-corrected chi connectivity index (χ4v) is 4.17. The second kappa shape index (κ2) is 10.5. The van der Waals surface area contributed by atoms with Crippen LogP contribution in [-0.4, -0.2) is 25.9 Å². The van der Waals surface area contributed by atoms with Gasteiger partial charge in [0.05, 0.1) is 20.0 Å². The first-order valence-electron chi connectivity index (χ1n) is 11.0. The Morgan fingerprint density at radius 3 is 2.47 bits per heavy atom. The van der Waals surface area contributed by atoms with Gasteiger partial charge in [-0.3, -0.25) is 4.79 Å². The Labute approximate surface area is 203 Å². The van der Waals surface area contributed by atoms with Crippen molar-refractivity contribution in [3.63, 3.8) is 0 Å². The molecule has 0 saturated carbocycles. The van der Waals surface area contributed by atoms with Gasteiger partial charge in [-0.15, -0.1) is 11.8 Å². The summed E-state index contributed by atoms with van der Waals surface area (Å²) in [5.74, 6) is 1.28. The Balaban J connectivity index is 1.68. The maximum Gasteiger partial charge on any atom is 0.248 e. The lowest BCUT2D eigenvalue weighted by Gasteiger charge is -2.12.